The molecule has 0 nitrogen and oxygen atoms in total. The molecule has 89 valence electrons. The normalized spacial score (nSPS) is 11.1. The van der Waals surface area contributed by atoms with Gasteiger partial charge in [-0.1, -0.05) is 51.8 Å². The van der Waals surface area contributed by atoms with Gasteiger partial charge in [-0.25, -0.2) is 0 Å². The standard InChI is InChI=1S/C16H25/c1-5-7-9-15-10-14(8-6-2)11-16(12-15)13(3)4/h10-13H,3,5-9H2,1-2,4H3. The summed E-state index contributed by atoms with van der Waals surface area (Å²) in [5.74, 6) is 0.400. The molecule has 0 heteroatoms. The lowest BCUT2D eigenvalue weighted by Gasteiger charge is -2.11. The predicted octanol–water partition coefficient (Wildman–Crippen LogP) is 4.92. The first kappa shape index (κ1) is 13.3. The zero-order valence-electron chi connectivity index (χ0n) is 11.1. The van der Waals surface area contributed by atoms with Crippen LogP contribution in [0.2, 0.25) is 0 Å². The second-order valence-electron chi connectivity index (χ2n) is 4.84. The Kier molecular flexibility index (Phi) is 5.59. The van der Waals surface area contributed by atoms with E-state index >= 15 is 0 Å². The molecule has 0 bridgehead atoms. The minimum atomic E-state index is 0.400. The second kappa shape index (κ2) is 6.73. The van der Waals surface area contributed by atoms with Gasteiger partial charge in [0.15, 0.2) is 0 Å². The van der Waals surface area contributed by atoms with Gasteiger partial charge in [0.25, 0.3) is 0 Å². The van der Waals surface area contributed by atoms with Gasteiger partial charge in [-0.05, 0) is 48.8 Å². The van der Waals surface area contributed by atoms with E-state index < -0.39 is 0 Å². The summed E-state index contributed by atoms with van der Waals surface area (Å²) in [5.41, 5.74) is 4.39. The molecule has 0 aliphatic heterocycles. The molecule has 0 aromatic heterocycles. The third-order valence-electron chi connectivity index (χ3n) is 3.00. The van der Waals surface area contributed by atoms with Gasteiger partial charge >= 0.3 is 0 Å². The summed E-state index contributed by atoms with van der Waals surface area (Å²) >= 11 is 0. The molecule has 0 spiro atoms. The molecule has 1 atom stereocenters. The highest BCUT2D eigenvalue weighted by atomic mass is 14.1. The molecule has 0 heterocycles. The van der Waals surface area contributed by atoms with Crippen LogP contribution in [0.25, 0.3) is 0 Å². The Labute approximate surface area is 101 Å². The van der Waals surface area contributed by atoms with E-state index in [2.05, 4.69) is 45.9 Å². The third kappa shape index (κ3) is 4.00. The van der Waals surface area contributed by atoms with Crippen LogP contribution in [0.4, 0.5) is 0 Å². The van der Waals surface area contributed by atoms with Gasteiger partial charge in [-0.15, -0.1) is 0 Å². The molecule has 0 aliphatic carbocycles. The van der Waals surface area contributed by atoms with E-state index in [4.69, 9.17) is 0 Å². The Morgan fingerprint density at radius 2 is 1.62 bits per heavy atom. The number of benzene rings is 1. The second-order valence-corrected chi connectivity index (χ2v) is 4.84. The van der Waals surface area contributed by atoms with Crippen molar-refractivity contribution in [1.29, 1.82) is 0 Å². The molecule has 0 N–H and O–H groups in total. The lowest BCUT2D eigenvalue weighted by atomic mass is 9.94. The smallest absolute Gasteiger partial charge is 0.0190 e. The lowest BCUT2D eigenvalue weighted by molar-refractivity contribution is 0.789. The molecule has 1 unspecified atom stereocenters. The maximum atomic E-state index is 4.13. The zero-order valence-corrected chi connectivity index (χ0v) is 11.1. The number of hydrogen-bond donors (Lipinski definition) is 0. The van der Waals surface area contributed by atoms with Gasteiger partial charge in [0.1, 0.15) is 0 Å². The van der Waals surface area contributed by atoms with Crippen LogP contribution in [0.5, 0.6) is 0 Å². The van der Waals surface area contributed by atoms with E-state index in [0.717, 1.165) is 0 Å². The average Bonchev–Trinajstić information content (AvgIpc) is 2.26. The molecule has 0 saturated carbocycles. The Morgan fingerprint density at radius 1 is 1.00 bits per heavy atom. The number of hydrogen-bond acceptors (Lipinski definition) is 0. The van der Waals surface area contributed by atoms with Crippen molar-refractivity contribution in [3.8, 4) is 0 Å². The Bertz CT molecular complexity index is 310. The van der Waals surface area contributed by atoms with Crippen molar-refractivity contribution in [2.24, 2.45) is 0 Å². The van der Waals surface area contributed by atoms with Crippen molar-refractivity contribution in [1.82, 2.24) is 0 Å². The van der Waals surface area contributed by atoms with Crippen molar-refractivity contribution < 1.29 is 0 Å². The topological polar surface area (TPSA) is 0 Å². The molecule has 1 radical (unpaired) electrons. The first-order valence-electron chi connectivity index (χ1n) is 6.63. The van der Waals surface area contributed by atoms with E-state index in [9.17, 15) is 0 Å². The number of aryl methyl sites for hydroxylation is 2. The average molecular weight is 217 g/mol. The first-order chi connectivity index (χ1) is 7.67. The highest BCUT2D eigenvalue weighted by molar-refractivity contribution is 5.33. The maximum Gasteiger partial charge on any atom is -0.0190 e. The van der Waals surface area contributed by atoms with Crippen LogP contribution < -0.4 is 0 Å². The number of unbranched alkanes of at least 4 members (excludes halogenated alkanes) is 1. The molecule has 0 aliphatic rings. The quantitative estimate of drug-likeness (QED) is 0.634. The van der Waals surface area contributed by atoms with Gasteiger partial charge in [0, 0.05) is 0 Å². The van der Waals surface area contributed by atoms with Crippen molar-refractivity contribution in [2.45, 2.75) is 58.8 Å². The van der Waals surface area contributed by atoms with Crippen molar-refractivity contribution in [2.75, 3.05) is 0 Å². The third-order valence-corrected chi connectivity index (χ3v) is 3.00. The highest BCUT2D eigenvalue weighted by Gasteiger charge is 2.04. The summed E-state index contributed by atoms with van der Waals surface area (Å²) in [6.45, 7) is 10.8. The Morgan fingerprint density at radius 3 is 2.12 bits per heavy atom. The highest BCUT2D eigenvalue weighted by Crippen LogP contribution is 2.20. The van der Waals surface area contributed by atoms with E-state index in [1.807, 2.05) is 0 Å². The molecular formula is C16H25. The Hall–Kier alpha value is -0.780. The lowest BCUT2D eigenvalue weighted by Crippen LogP contribution is -1.96. The molecule has 0 amide bonds. The molecule has 0 saturated heterocycles. The van der Waals surface area contributed by atoms with Gasteiger partial charge < -0.3 is 0 Å². The van der Waals surface area contributed by atoms with Crippen LogP contribution in [-0.4, -0.2) is 0 Å². The van der Waals surface area contributed by atoms with Crippen LogP contribution >= 0.6 is 0 Å². The first-order valence-corrected chi connectivity index (χ1v) is 6.63. The SMILES string of the molecule is [CH2]C(C)c1cc(CCC)cc(CCCC)c1. The van der Waals surface area contributed by atoms with Crippen molar-refractivity contribution >= 4 is 0 Å². The van der Waals surface area contributed by atoms with E-state index in [-0.39, 0.29) is 0 Å². The summed E-state index contributed by atoms with van der Waals surface area (Å²) in [7, 11) is 0. The summed E-state index contributed by atoms with van der Waals surface area (Å²) in [4.78, 5) is 0. The summed E-state index contributed by atoms with van der Waals surface area (Å²) in [6, 6.07) is 7.05. The minimum absolute atomic E-state index is 0.400. The maximum absolute atomic E-state index is 4.13. The summed E-state index contributed by atoms with van der Waals surface area (Å²) < 4.78 is 0. The summed E-state index contributed by atoms with van der Waals surface area (Å²) in [5, 5.41) is 0. The fourth-order valence-electron chi connectivity index (χ4n) is 2.03. The van der Waals surface area contributed by atoms with Crippen LogP contribution in [0.15, 0.2) is 18.2 Å². The van der Waals surface area contributed by atoms with E-state index in [0.29, 0.717) is 5.92 Å². The van der Waals surface area contributed by atoms with Crippen LogP contribution in [0.1, 0.15) is 62.6 Å². The van der Waals surface area contributed by atoms with Crippen LogP contribution in [-0.2, 0) is 12.8 Å². The van der Waals surface area contributed by atoms with E-state index in [1.165, 1.54) is 48.8 Å². The number of rotatable bonds is 6. The van der Waals surface area contributed by atoms with E-state index in [1.54, 1.807) is 0 Å². The van der Waals surface area contributed by atoms with Crippen molar-refractivity contribution in [3.63, 3.8) is 0 Å². The van der Waals surface area contributed by atoms with Gasteiger partial charge in [-0.3, -0.25) is 0 Å². The zero-order chi connectivity index (χ0) is 12.0. The fourth-order valence-corrected chi connectivity index (χ4v) is 2.03. The molecule has 1 rings (SSSR count). The Balaban J connectivity index is 2.89. The molecule has 0 fully saturated rings. The van der Waals surface area contributed by atoms with Gasteiger partial charge in [0.05, 0.1) is 0 Å². The summed E-state index contributed by atoms with van der Waals surface area (Å²) in [6.07, 6.45) is 6.20. The molecule has 1 aromatic rings. The largest absolute Gasteiger partial charge is 0.0654 e. The monoisotopic (exact) mass is 217 g/mol. The minimum Gasteiger partial charge on any atom is -0.0654 e. The van der Waals surface area contributed by atoms with Crippen LogP contribution in [0.3, 0.4) is 0 Å². The van der Waals surface area contributed by atoms with Gasteiger partial charge in [-0.2, -0.15) is 0 Å². The fraction of sp³-hybridized carbons (Fsp3) is 0.562. The predicted molar refractivity (Wildman–Crippen MR) is 72.8 cm³/mol. The molecule has 1 aromatic carbocycles. The van der Waals surface area contributed by atoms with Crippen molar-refractivity contribution in [3.05, 3.63) is 41.8 Å². The van der Waals surface area contributed by atoms with Gasteiger partial charge in [0.2, 0.25) is 0 Å². The molecular weight excluding hydrogens is 192 g/mol. The molecule has 16 heavy (non-hydrogen) atoms. The van der Waals surface area contributed by atoms with Crippen LogP contribution in [0, 0.1) is 6.92 Å².